The lowest BCUT2D eigenvalue weighted by Crippen LogP contribution is -2.35. The van der Waals surface area contributed by atoms with Gasteiger partial charge in [-0.25, -0.2) is 4.79 Å². The Kier molecular flexibility index (Phi) is 7.11. The third kappa shape index (κ3) is 5.95. The summed E-state index contributed by atoms with van der Waals surface area (Å²) in [5.41, 5.74) is 7.54. The number of aryl methyl sites for hydroxylation is 1. The number of carbonyl (C=O) groups excluding carboxylic acids is 3. The standard InChI is InChI=1S/C21H24N2O4/c1-3-15-9-11-17(12-10-15)20(25)14(2)27-19(24)13-18(23-21(22)26)16-7-5-4-6-8-16/h4-12,14,18H,3,13H2,1-2H3,(H3,22,23,26)/t14-,18-/m1/s1. The number of urea groups is 1. The number of esters is 1. The third-order valence-electron chi connectivity index (χ3n) is 4.21. The highest BCUT2D eigenvalue weighted by Crippen LogP contribution is 2.18. The first-order valence-electron chi connectivity index (χ1n) is 8.84. The molecule has 0 fully saturated rings. The molecule has 6 heteroatoms. The molecule has 2 rings (SSSR count). The van der Waals surface area contributed by atoms with Crippen LogP contribution in [0.1, 0.15) is 47.8 Å². The summed E-state index contributed by atoms with van der Waals surface area (Å²) in [6, 6.07) is 14.8. The average Bonchev–Trinajstić information content (AvgIpc) is 2.67. The number of primary amides is 1. The van der Waals surface area contributed by atoms with Crippen LogP contribution in [0.15, 0.2) is 54.6 Å². The smallest absolute Gasteiger partial charge is 0.312 e. The molecular formula is C21H24N2O4. The van der Waals surface area contributed by atoms with Crippen LogP contribution in [-0.2, 0) is 16.0 Å². The first-order chi connectivity index (χ1) is 12.9. The quantitative estimate of drug-likeness (QED) is 0.552. The molecule has 0 saturated carbocycles. The van der Waals surface area contributed by atoms with Crippen LogP contribution in [0.25, 0.3) is 0 Å². The first kappa shape index (κ1) is 20.2. The van der Waals surface area contributed by atoms with E-state index in [1.54, 1.807) is 36.4 Å². The Morgan fingerprint density at radius 3 is 2.22 bits per heavy atom. The molecule has 0 saturated heterocycles. The van der Waals surface area contributed by atoms with Crippen LogP contribution in [0.2, 0.25) is 0 Å². The van der Waals surface area contributed by atoms with Crippen LogP contribution in [0.3, 0.4) is 0 Å². The van der Waals surface area contributed by atoms with Gasteiger partial charge >= 0.3 is 12.0 Å². The van der Waals surface area contributed by atoms with Crippen LogP contribution in [0.5, 0.6) is 0 Å². The number of carbonyl (C=O) groups is 3. The van der Waals surface area contributed by atoms with Gasteiger partial charge in [0.05, 0.1) is 12.5 Å². The summed E-state index contributed by atoms with van der Waals surface area (Å²) in [5, 5.41) is 2.53. The van der Waals surface area contributed by atoms with Crippen molar-refractivity contribution >= 4 is 17.8 Å². The molecule has 0 aliphatic carbocycles. The summed E-state index contributed by atoms with van der Waals surface area (Å²) in [6.45, 7) is 3.57. The van der Waals surface area contributed by atoms with Gasteiger partial charge in [0.15, 0.2) is 6.10 Å². The maximum absolute atomic E-state index is 12.4. The van der Waals surface area contributed by atoms with Crippen molar-refractivity contribution in [2.45, 2.75) is 38.8 Å². The van der Waals surface area contributed by atoms with E-state index in [9.17, 15) is 14.4 Å². The van der Waals surface area contributed by atoms with E-state index in [-0.39, 0.29) is 12.2 Å². The van der Waals surface area contributed by atoms with Crippen molar-refractivity contribution in [1.29, 1.82) is 0 Å². The van der Waals surface area contributed by atoms with Gasteiger partial charge in [0.1, 0.15) is 0 Å². The minimum Gasteiger partial charge on any atom is -0.454 e. The van der Waals surface area contributed by atoms with Crippen LogP contribution < -0.4 is 11.1 Å². The van der Waals surface area contributed by atoms with Crippen molar-refractivity contribution in [1.82, 2.24) is 5.32 Å². The van der Waals surface area contributed by atoms with Gasteiger partial charge in [-0.1, -0.05) is 61.5 Å². The molecule has 6 nitrogen and oxygen atoms in total. The second-order valence-corrected chi connectivity index (χ2v) is 6.22. The molecule has 0 unspecified atom stereocenters. The Bertz CT molecular complexity index is 788. The molecule has 0 aromatic heterocycles. The maximum atomic E-state index is 12.4. The molecule has 142 valence electrons. The lowest BCUT2D eigenvalue weighted by Gasteiger charge is -2.19. The number of hydrogen-bond acceptors (Lipinski definition) is 4. The van der Waals surface area contributed by atoms with Crippen LogP contribution in [-0.4, -0.2) is 23.9 Å². The van der Waals surface area contributed by atoms with Gasteiger partial charge in [-0.3, -0.25) is 9.59 Å². The number of hydrogen-bond donors (Lipinski definition) is 2. The summed E-state index contributed by atoms with van der Waals surface area (Å²) >= 11 is 0. The first-order valence-corrected chi connectivity index (χ1v) is 8.84. The van der Waals surface area contributed by atoms with Gasteiger partial charge in [0, 0.05) is 5.56 Å². The zero-order valence-corrected chi connectivity index (χ0v) is 15.5. The van der Waals surface area contributed by atoms with Crippen molar-refractivity contribution in [3.8, 4) is 0 Å². The van der Waals surface area contributed by atoms with Crippen molar-refractivity contribution in [2.75, 3.05) is 0 Å². The Balaban J connectivity index is 2.00. The summed E-state index contributed by atoms with van der Waals surface area (Å²) in [5.74, 6) is -0.867. The molecule has 0 aliphatic rings. The number of rotatable bonds is 8. The van der Waals surface area contributed by atoms with Gasteiger partial charge in [-0.2, -0.15) is 0 Å². The van der Waals surface area contributed by atoms with E-state index in [1.807, 2.05) is 25.1 Å². The normalized spacial score (nSPS) is 12.7. The highest BCUT2D eigenvalue weighted by atomic mass is 16.5. The molecule has 0 radical (unpaired) electrons. The fraction of sp³-hybridized carbons (Fsp3) is 0.286. The molecule has 0 heterocycles. The van der Waals surface area contributed by atoms with E-state index >= 15 is 0 Å². The van der Waals surface area contributed by atoms with Gasteiger partial charge in [-0.15, -0.1) is 0 Å². The predicted octanol–water partition coefficient (Wildman–Crippen LogP) is 3.16. The lowest BCUT2D eigenvalue weighted by molar-refractivity contribution is -0.146. The molecule has 0 spiro atoms. The van der Waals surface area contributed by atoms with E-state index in [4.69, 9.17) is 10.5 Å². The maximum Gasteiger partial charge on any atom is 0.312 e. The van der Waals surface area contributed by atoms with E-state index in [2.05, 4.69) is 5.32 Å². The zero-order valence-electron chi connectivity index (χ0n) is 15.5. The molecule has 2 atom stereocenters. The number of nitrogens with two attached hydrogens (primary N) is 1. The molecular weight excluding hydrogens is 344 g/mol. The van der Waals surface area contributed by atoms with Crippen molar-refractivity contribution in [3.05, 3.63) is 71.3 Å². The number of benzene rings is 2. The lowest BCUT2D eigenvalue weighted by atomic mass is 10.0. The number of Topliss-reactive ketones (excluding diaryl/α,β-unsaturated/α-hetero) is 1. The summed E-state index contributed by atoms with van der Waals surface area (Å²) < 4.78 is 5.28. The highest BCUT2D eigenvalue weighted by Gasteiger charge is 2.23. The molecule has 27 heavy (non-hydrogen) atoms. The predicted molar refractivity (Wildman–Crippen MR) is 102 cm³/mol. The average molecular weight is 368 g/mol. The molecule has 0 bridgehead atoms. The van der Waals surface area contributed by atoms with E-state index < -0.39 is 24.1 Å². The van der Waals surface area contributed by atoms with Crippen molar-refractivity contribution < 1.29 is 19.1 Å². The summed E-state index contributed by atoms with van der Waals surface area (Å²) in [4.78, 5) is 36.0. The van der Waals surface area contributed by atoms with E-state index in [0.717, 1.165) is 17.5 Å². The molecule has 0 aliphatic heterocycles. The Labute approximate surface area is 158 Å². The van der Waals surface area contributed by atoms with Gasteiger partial charge in [0.2, 0.25) is 5.78 Å². The number of nitrogens with one attached hydrogen (secondary N) is 1. The number of ketones is 1. The number of amides is 2. The number of ether oxygens (including phenoxy) is 1. The van der Waals surface area contributed by atoms with Crippen molar-refractivity contribution in [3.63, 3.8) is 0 Å². The van der Waals surface area contributed by atoms with Crippen LogP contribution in [0, 0.1) is 0 Å². The zero-order chi connectivity index (χ0) is 19.8. The van der Waals surface area contributed by atoms with E-state index in [0.29, 0.717) is 5.56 Å². The van der Waals surface area contributed by atoms with Gasteiger partial charge in [0.25, 0.3) is 0 Å². The Hall–Kier alpha value is -3.15. The molecule has 3 N–H and O–H groups in total. The molecule has 2 amide bonds. The Morgan fingerprint density at radius 2 is 1.67 bits per heavy atom. The summed E-state index contributed by atoms with van der Waals surface area (Å²) in [6.07, 6.45) is -0.165. The SMILES string of the molecule is CCc1ccc(C(=O)[C@@H](C)OC(=O)C[C@@H](NC(N)=O)c2ccccc2)cc1. The summed E-state index contributed by atoms with van der Waals surface area (Å²) in [7, 11) is 0. The highest BCUT2D eigenvalue weighted by molar-refractivity contribution is 6.00. The van der Waals surface area contributed by atoms with Gasteiger partial charge in [-0.05, 0) is 24.5 Å². The monoisotopic (exact) mass is 368 g/mol. The Morgan fingerprint density at radius 1 is 1.04 bits per heavy atom. The van der Waals surface area contributed by atoms with Crippen molar-refractivity contribution in [2.24, 2.45) is 5.73 Å². The largest absolute Gasteiger partial charge is 0.454 e. The fourth-order valence-electron chi connectivity index (χ4n) is 2.71. The molecule has 2 aromatic rings. The minimum absolute atomic E-state index is 0.126. The van der Waals surface area contributed by atoms with E-state index in [1.165, 1.54) is 6.92 Å². The van der Waals surface area contributed by atoms with Crippen LogP contribution >= 0.6 is 0 Å². The molecule has 2 aromatic carbocycles. The second kappa shape index (κ2) is 9.52. The topological polar surface area (TPSA) is 98.5 Å². The fourth-order valence-corrected chi connectivity index (χ4v) is 2.71. The second-order valence-electron chi connectivity index (χ2n) is 6.22. The third-order valence-corrected chi connectivity index (χ3v) is 4.21. The minimum atomic E-state index is -0.921. The van der Waals surface area contributed by atoms with Gasteiger partial charge < -0.3 is 15.8 Å². The van der Waals surface area contributed by atoms with Crippen LogP contribution in [0.4, 0.5) is 4.79 Å².